The molecule has 0 aliphatic heterocycles. The van der Waals surface area contributed by atoms with Crippen molar-refractivity contribution in [3.05, 3.63) is 69.8 Å². The van der Waals surface area contributed by atoms with E-state index in [1.165, 1.54) is 23.8 Å². The van der Waals surface area contributed by atoms with E-state index in [9.17, 15) is 15.2 Å². The Labute approximate surface area is 176 Å². The first kappa shape index (κ1) is 19.6. The van der Waals surface area contributed by atoms with Crippen LogP contribution in [0.25, 0.3) is 0 Å². The smallest absolute Gasteiger partial charge is 0.271 e. The molecule has 2 N–H and O–H groups in total. The summed E-state index contributed by atoms with van der Waals surface area (Å²) in [4.78, 5) is 14.4. The van der Waals surface area contributed by atoms with Gasteiger partial charge in [0.2, 0.25) is 10.1 Å². The van der Waals surface area contributed by atoms with Crippen LogP contribution in [-0.2, 0) is 6.42 Å². The van der Waals surface area contributed by atoms with E-state index in [1.807, 2.05) is 12.1 Å². The summed E-state index contributed by atoms with van der Waals surface area (Å²) in [5, 5.41) is 33.9. The molecule has 0 unspecified atom stereocenters. The topological polar surface area (TPSA) is 125 Å². The lowest BCUT2D eigenvalue weighted by molar-refractivity contribution is -0.384. The van der Waals surface area contributed by atoms with Crippen molar-refractivity contribution in [1.82, 2.24) is 4.98 Å². The molecule has 1 heterocycles. The van der Waals surface area contributed by atoms with Gasteiger partial charge in [0.1, 0.15) is 0 Å². The molecule has 9 nitrogen and oxygen atoms in total. The van der Waals surface area contributed by atoms with E-state index in [2.05, 4.69) is 37.9 Å². The largest absolute Gasteiger partial charge is 0.491 e. The fourth-order valence-electron chi connectivity index (χ4n) is 3.18. The molecule has 0 bridgehead atoms. The predicted molar refractivity (Wildman–Crippen MR) is 115 cm³/mol. The zero-order chi connectivity index (χ0) is 20.9. The second kappa shape index (κ2) is 8.78. The fourth-order valence-corrected chi connectivity index (χ4v) is 3.81. The number of hydrogen-bond acceptors (Lipinski definition) is 9. The van der Waals surface area contributed by atoms with E-state index in [1.54, 1.807) is 6.07 Å². The van der Waals surface area contributed by atoms with Crippen molar-refractivity contribution >= 4 is 38.6 Å². The number of thiazole rings is 1. The number of nitrogens with zero attached hydrogens (tertiary/aromatic N) is 5. The van der Waals surface area contributed by atoms with Gasteiger partial charge in [-0.05, 0) is 37.3 Å². The molecule has 10 heteroatoms. The third-order valence-electron chi connectivity index (χ3n) is 4.61. The number of nitrogens with one attached hydrogen (secondary N) is 1. The molecule has 3 aromatic rings. The van der Waals surface area contributed by atoms with Crippen LogP contribution in [0.2, 0.25) is 0 Å². The third-order valence-corrected chi connectivity index (χ3v) is 5.45. The van der Waals surface area contributed by atoms with E-state index < -0.39 is 4.92 Å². The summed E-state index contributed by atoms with van der Waals surface area (Å²) in [7, 11) is 0. The average Bonchev–Trinajstić information content (AvgIpc) is 2.98. The molecule has 30 heavy (non-hydrogen) atoms. The van der Waals surface area contributed by atoms with Gasteiger partial charge in [-0.1, -0.05) is 41.7 Å². The molecular formula is C20H18N6O3S. The van der Waals surface area contributed by atoms with Crippen LogP contribution >= 0.6 is 11.3 Å². The van der Waals surface area contributed by atoms with Crippen LogP contribution in [0.15, 0.2) is 63.9 Å². The highest BCUT2D eigenvalue weighted by Gasteiger charge is 2.15. The summed E-state index contributed by atoms with van der Waals surface area (Å²) in [6.45, 7) is 0. The Morgan fingerprint density at radius 1 is 1.10 bits per heavy atom. The molecule has 4 rings (SSSR count). The highest BCUT2D eigenvalue weighted by molar-refractivity contribution is 7.19. The molecular weight excluding hydrogens is 404 g/mol. The minimum absolute atomic E-state index is 0.0816. The lowest BCUT2D eigenvalue weighted by Gasteiger charge is -2.07. The first-order valence-electron chi connectivity index (χ1n) is 9.37. The van der Waals surface area contributed by atoms with Crippen molar-refractivity contribution in [1.29, 1.82) is 0 Å². The highest BCUT2D eigenvalue weighted by Crippen LogP contribution is 2.37. The normalized spacial score (nSPS) is 15.1. The Balaban J connectivity index is 1.51. The minimum Gasteiger partial charge on any atom is -0.491 e. The third kappa shape index (κ3) is 4.49. The van der Waals surface area contributed by atoms with Crippen LogP contribution in [0.1, 0.15) is 30.4 Å². The Kier molecular flexibility index (Phi) is 5.75. The van der Waals surface area contributed by atoms with Crippen molar-refractivity contribution < 1.29 is 10.0 Å². The summed E-state index contributed by atoms with van der Waals surface area (Å²) in [6, 6.07) is 14.0. The highest BCUT2D eigenvalue weighted by atomic mass is 32.1. The zero-order valence-electron chi connectivity index (χ0n) is 15.9. The van der Waals surface area contributed by atoms with Crippen LogP contribution in [0.5, 0.6) is 5.88 Å². The van der Waals surface area contributed by atoms with E-state index in [0.717, 1.165) is 48.3 Å². The second-order valence-corrected chi connectivity index (χ2v) is 7.64. The van der Waals surface area contributed by atoms with Crippen LogP contribution in [0.3, 0.4) is 0 Å². The zero-order valence-corrected chi connectivity index (χ0v) is 16.7. The number of non-ortho nitro benzene ring substituents is 1. The van der Waals surface area contributed by atoms with Gasteiger partial charge in [0, 0.05) is 17.7 Å². The molecule has 0 saturated heterocycles. The van der Waals surface area contributed by atoms with E-state index in [4.69, 9.17) is 0 Å². The van der Waals surface area contributed by atoms with Crippen molar-refractivity contribution in [2.24, 2.45) is 15.3 Å². The van der Waals surface area contributed by atoms with Gasteiger partial charge in [0.25, 0.3) is 11.6 Å². The lowest BCUT2D eigenvalue weighted by atomic mass is 10.0. The molecule has 0 saturated carbocycles. The summed E-state index contributed by atoms with van der Waals surface area (Å²) in [6.07, 6.45) is 4.08. The van der Waals surface area contributed by atoms with Gasteiger partial charge in [-0.2, -0.15) is 10.1 Å². The number of aromatic hydroxyl groups is 1. The maximum absolute atomic E-state index is 10.9. The van der Waals surface area contributed by atoms with E-state index in [0.29, 0.717) is 10.8 Å². The SMILES string of the molecule is O=[N+]([O-])c1cccc(N=Nc2sc(N/N=C3\CCCCc4ccccc43)nc2O)c1. The van der Waals surface area contributed by atoms with Gasteiger partial charge in [0.05, 0.1) is 16.3 Å². The lowest BCUT2D eigenvalue weighted by Crippen LogP contribution is -2.05. The number of benzene rings is 2. The first-order valence-corrected chi connectivity index (χ1v) is 10.2. The fraction of sp³-hybridized carbons (Fsp3) is 0.200. The number of nitro benzene ring substituents is 1. The number of anilines is 1. The van der Waals surface area contributed by atoms with Crippen LogP contribution in [0.4, 0.5) is 21.5 Å². The van der Waals surface area contributed by atoms with Crippen LogP contribution in [0, 0.1) is 10.1 Å². The Morgan fingerprint density at radius 3 is 2.80 bits per heavy atom. The number of nitro groups is 1. The van der Waals surface area contributed by atoms with Crippen LogP contribution in [-0.4, -0.2) is 20.7 Å². The Hall–Kier alpha value is -3.66. The number of aryl methyl sites for hydroxylation is 1. The number of hydrogen-bond donors (Lipinski definition) is 2. The maximum atomic E-state index is 10.9. The van der Waals surface area contributed by atoms with Crippen molar-refractivity contribution in [3.63, 3.8) is 0 Å². The van der Waals surface area contributed by atoms with Crippen molar-refractivity contribution in [3.8, 4) is 5.88 Å². The Morgan fingerprint density at radius 2 is 1.93 bits per heavy atom. The van der Waals surface area contributed by atoms with Crippen molar-refractivity contribution in [2.45, 2.75) is 25.7 Å². The van der Waals surface area contributed by atoms with Gasteiger partial charge in [0.15, 0.2) is 0 Å². The van der Waals surface area contributed by atoms with Gasteiger partial charge < -0.3 is 5.11 Å². The number of fused-ring (bicyclic) bond motifs is 1. The summed E-state index contributed by atoms with van der Waals surface area (Å²) in [5.41, 5.74) is 6.51. The molecule has 0 spiro atoms. The predicted octanol–water partition coefficient (Wildman–Crippen LogP) is 5.71. The van der Waals surface area contributed by atoms with Gasteiger partial charge >= 0.3 is 0 Å². The Bertz CT molecular complexity index is 1140. The summed E-state index contributed by atoms with van der Waals surface area (Å²) in [5.74, 6) is -0.279. The second-order valence-electron chi connectivity index (χ2n) is 6.66. The molecule has 0 amide bonds. The standard InChI is InChI=1S/C20H18N6O3S/c27-18-19(24-22-14-8-5-9-15(12-14)26(28)29)30-20(21-18)25-23-17-11-4-2-7-13-6-1-3-10-16(13)17/h1,3,5-6,8-10,12,27H,2,4,7,11H2,(H,21,25)/b23-17+,24-22?. The van der Waals surface area contributed by atoms with Gasteiger partial charge in [-0.3, -0.25) is 15.5 Å². The van der Waals surface area contributed by atoms with Crippen LogP contribution < -0.4 is 5.43 Å². The number of azo groups is 1. The maximum Gasteiger partial charge on any atom is 0.271 e. The quantitative estimate of drug-likeness (QED) is 0.235. The molecule has 1 aliphatic carbocycles. The number of rotatable bonds is 5. The molecule has 152 valence electrons. The average molecular weight is 422 g/mol. The monoisotopic (exact) mass is 422 g/mol. The molecule has 1 aromatic heterocycles. The van der Waals surface area contributed by atoms with Crippen molar-refractivity contribution in [2.75, 3.05) is 5.43 Å². The summed E-state index contributed by atoms with van der Waals surface area (Å²) < 4.78 is 0. The molecule has 0 fully saturated rings. The molecule has 0 atom stereocenters. The van der Waals surface area contributed by atoms with Gasteiger partial charge in [-0.15, -0.1) is 10.2 Å². The molecule has 0 radical (unpaired) electrons. The molecule has 1 aliphatic rings. The molecule has 2 aromatic carbocycles. The van der Waals surface area contributed by atoms with E-state index >= 15 is 0 Å². The number of aromatic nitrogens is 1. The summed E-state index contributed by atoms with van der Waals surface area (Å²) >= 11 is 1.09. The first-order chi connectivity index (χ1) is 14.6. The number of hydrazone groups is 1. The van der Waals surface area contributed by atoms with E-state index in [-0.39, 0.29) is 16.6 Å². The minimum atomic E-state index is -0.504. The van der Waals surface area contributed by atoms with Gasteiger partial charge in [-0.25, -0.2) is 0 Å².